The molecule has 3 aromatic rings. The number of rotatable bonds is 4. The lowest BCUT2D eigenvalue weighted by Gasteiger charge is -1.98. The van der Waals surface area contributed by atoms with Crippen LogP contribution in [0.3, 0.4) is 0 Å². The fourth-order valence-electron chi connectivity index (χ4n) is 2.17. The summed E-state index contributed by atoms with van der Waals surface area (Å²) in [4.78, 5) is 21.7. The number of imidazole rings is 1. The van der Waals surface area contributed by atoms with Gasteiger partial charge in [-0.3, -0.25) is 10.1 Å². The smallest absolute Gasteiger partial charge is 0.250 e. The average molecular weight is 359 g/mol. The predicted octanol–water partition coefficient (Wildman–Crippen LogP) is 4.16. The summed E-state index contributed by atoms with van der Waals surface area (Å²) in [6.45, 7) is 1.90. The van der Waals surface area contributed by atoms with Gasteiger partial charge in [-0.05, 0) is 30.7 Å². The van der Waals surface area contributed by atoms with E-state index < -0.39 is 0 Å². The minimum Gasteiger partial charge on any atom is -0.333 e. The van der Waals surface area contributed by atoms with Gasteiger partial charge in [0.1, 0.15) is 0 Å². The van der Waals surface area contributed by atoms with E-state index in [1.54, 1.807) is 24.4 Å². The third-order valence-corrected chi connectivity index (χ3v) is 4.63. The number of nitrogens with zero attached hydrogens (tertiary/aromatic N) is 3. The van der Waals surface area contributed by atoms with Crippen molar-refractivity contribution in [3.05, 3.63) is 59.0 Å². The van der Waals surface area contributed by atoms with Crippen molar-refractivity contribution in [2.24, 2.45) is 7.05 Å². The molecule has 122 valence electrons. The molecular weight excluding hydrogens is 344 g/mol. The minimum absolute atomic E-state index is 0.241. The Labute approximate surface area is 148 Å². The number of carbonyl (C=O) groups is 1. The molecule has 0 aliphatic heterocycles. The number of halogens is 1. The van der Waals surface area contributed by atoms with Gasteiger partial charge >= 0.3 is 0 Å². The van der Waals surface area contributed by atoms with Crippen LogP contribution in [0.15, 0.2) is 42.7 Å². The number of thiazole rings is 1. The molecule has 0 unspecified atom stereocenters. The average Bonchev–Trinajstić information content (AvgIpc) is 3.11. The van der Waals surface area contributed by atoms with Gasteiger partial charge in [0.05, 0.1) is 10.6 Å². The lowest BCUT2D eigenvalue weighted by atomic mass is 10.2. The number of carbonyl (C=O) groups excluding carboxylic acids is 1. The van der Waals surface area contributed by atoms with Crippen molar-refractivity contribution in [3.63, 3.8) is 0 Å². The largest absolute Gasteiger partial charge is 0.333 e. The van der Waals surface area contributed by atoms with Crippen molar-refractivity contribution < 1.29 is 4.79 Å². The van der Waals surface area contributed by atoms with Crippen LogP contribution in [0, 0.1) is 6.92 Å². The first-order chi connectivity index (χ1) is 11.5. The second-order valence-electron chi connectivity index (χ2n) is 5.17. The van der Waals surface area contributed by atoms with Gasteiger partial charge in [-0.15, -0.1) is 0 Å². The normalized spacial score (nSPS) is 11.1. The van der Waals surface area contributed by atoms with E-state index in [9.17, 15) is 4.79 Å². The highest BCUT2D eigenvalue weighted by Crippen LogP contribution is 2.31. The van der Waals surface area contributed by atoms with Gasteiger partial charge in [-0.1, -0.05) is 35.1 Å². The summed E-state index contributed by atoms with van der Waals surface area (Å²) in [6.07, 6.45) is 6.78. The van der Waals surface area contributed by atoms with Gasteiger partial charge < -0.3 is 4.57 Å². The van der Waals surface area contributed by atoms with E-state index in [-0.39, 0.29) is 5.91 Å². The fourth-order valence-corrected chi connectivity index (χ4v) is 3.38. The summed E-state index contributed by atoms with van der Waals surface area (Å²) in [5, 5.41) is 3.96. The quantitative estimate of drug-likeness (QED) is 0.712. The van der Waals surface area contributed by atoms with E-state index >= 15 is 0 Å². The second-order valence-corrected chi connectivity index (χ2v) is 6.61. The van der Waals surface area contributed by atoms with Crippen molar-refractivity contribution in [2.75, 3.05) is 5.32 Å². The first kappa shape index (κ1) is 16.4. The summed E-state index contributed by atoms with van der Waals surface area (Å²) in [6, 6.07) is 7.29. The van der Waals surface area contributed by atoms with Gasteiger partial charge in [0.15, 0.2) is 11.0 Å². The zero-order chi connectivity index (χ0) is 17.1. The molecule has 5 nitrogen and oxygen atoms in total. The number of nitrogens with one attached hydrogen (secondary N) is 1. The Bertz CT molecular complexity index is 913. The molecule has 0 spiro atoms. The maximum atomic E-state index is 12.1. The third kappa shape index (κ3) is 3.72. The first-order valence-corrected chi connectivity index (χ1v) is 8.42. The molecule has 0 saturated carbocycles. The van der Waals surface area contributed by atoms with E-state index in [0.29, 0.717) is 10.2 Å². The zero-order valence-electron chi connectivity index (χ0n) is 13.2. The van der Waals surface area contributed by atoms with Crippen LogP contribution in [0.2, 0.25) is 5.02 Å². The van der Waals surface area contributed by atoms with Crippen molar-refractivity contribution >= 4 is 40.1 Å². The molecule has 0 saturated heterocycles. The lowest BCUT2D eigenvalue weighted by molar-refractivity contribution is -0.111. The summed E-state index contributed by atoms with van der Waals surface area (Å²) in [5.41, 5.74) is 1.70. The van der Waals surface area contributed by atoms with Gasteiger partial charge in [-0.2, -0.15) is 0 Å². The van der Waals surface area contributed by atoms with E-state index in [1.165, 1.54) is 17.4 Å². The molecule has 0 bridgehead atoms. The van der Waals surface area contributed by atoms with E-state index in [0.717, 1.165) is 22.0 Å². The summed E-state index contributed by atoms with van der Waals surface area (Å²) in [7, 11) is 1.92. The summed E-state index contributed by atoms with van der Waals surface area (Å²) < 4.78 is 1.92. The predicted molar refractivity (Wildman–Crippen MR) is 98.2 cm³/mol. The molecule has 1 aromatic carbocycles. The SMILES string of the molecule is Cc1nc(NC(=O)/C=C/c2cccc(Cl)c2)sc1-c1nccn1C. The van der Waals surface area contributed by atoms with E-state index in [4.69, 9.17) is 11.6 Å². The minimum atomic E-state index is -0.241. The van der Waals surface area contributed by atoms with Crippen LogP contribution in [0.4, 0.5) is 5.13 Å². The van der Waals surface area contributed by atoms with Crippen LogP contribution in [-0.2, 0) is 11.8 Å². The third-order valence-electron chi connectivity index (χ3n) is 3.33. The van der Waals surface area contributed by atoms with Gasteiger partial charge in [0.2, 0.25) is 5.91 Å². The molecule has 7 heteroatoms. The molecule has 0 fully saturated rings. The molecule has 1 N–H and O–H groups in total. The maximum absolute atomic E-state index is 12.1. The monoisotopic (exact) mass is 358 g/mol. The molecule has 24 heavy (non-hydrogen) atoms. The van der Waals surface area contributed by atoms with E-state index in [1.807, 2.05) is 36.9 Å². The molecule has 2 heterocycles. The van der Waals surface area contributed by atoms with Crippen LogP contribution >= 0.6 is 22.9 Å². The van der Waals surface area contributed by atoms with E-state index in [2.05, 4.69) is 15.3 Å². The molecular formula is C17H15ClN4OS. The fraction of sp³-hybridized carbons (Fsp3) is 0.118. The topological polar surface area (TPSA) is 59.8 Å². The Morgan fingerprint density at radius 1 is 1.42 bits per heavy atom. The number of hydrogen-bond donors (Lipinski definition) is 1. The summed E-state index contributed by atoms with van der Waals surface area (Å²) >= 11 is 7.32. The standard InChI is InChI=1S/C17H15ClN4OS/c1-11-15(16-19-8-9-22(16)2)24-17(20-11)21-14(23)7-6-12-4-3-5-13(18)10-12/h3-10H,1-2H3,(H,20,21,23)/b7-6+. The van der Waals surface area contributed by atoms with Gasteiger partial charge in [0, 0.05) is 30.5 Å². The Hall–Kier alpha value is -2.44. The molecule has 0 atom stereocenters. The number of aromatic nitrogens is 3. The number of hydrogen-bond acceptors (Lipinski definition) is 4. The highest BCUT2D eigenvalue weighted by molar-refractivity contribution is 7.19. The molecule has 1 amide bonds. The van der Waals surface area contributed by atoms with Crippen LogP contribution < -0.4 is 5.32 Å². The molecule has 2 aromatic heterocycles. The first-order valence-electron chi connectivity index (χ1n) is 7.22. The molecule has 3 rings (SSSR count). The van der Waals surface area contributed by atoms with Crippen LogP contribution in [0.5, 0.6) is 0 Å². The van der Waals surface area contributed by atoms with Gasteiger partial charge in [-0.25, -0.2) is 9.97 Å². The van der Waals surface area contributed by atoms with Crippen molar-refractivity contribution in [1.82, 2.24) is 14.5 Å². The Morgan fingerprint density at radius 2 is 2.25 bits per heavy atom. The molecule has 0 aliphatic carbocycles. The second kappa shape index (κ2) is 6.98. The number of aryl methyl sites for hydroxylation is 2. The van der Waals surface area contributed by atoms with Crippen molar-refractivity contribution in [3.8, 4) is 10.7 Å². The van der Waals surface area contributed by atoms with Crippen molar-refractivity contribution in [2.45, 2.75) is 6.92 Å². The summed E-state index contributed by atoms with van der Waals surface area (Å²) in [5.74, 6) is 0.593. The van der Waals surface area contributed by atoms with Gasteiger partial charge in [0.25, 0.3) is 0 Å². The Balaban J connectivity index is 1.72. The molecule has 0 radical (unpaired) electrons. The molecule has 0 aliphatic rings. The Morgan fingerprint density at radius 3 is 2.96 bits per heavy atom. The number of anilines is 1. The number of amides is 1. The van der Waals surface area contributed by atoms with Crippen molar-refractivity contribution in [1.29, 1.82) is 0 Å². The van der Waals surface area contributed by atoms with Crippen LogP contribution in [-0.4, -0.2) is 20.4 Å². The van der Waals surface area contributed by atoms with Crippen LogP contribution in [0.1, 0.15) is 11.3 Å². The number of benzene rings is 1. The lowest BCUT2D eigenvalue weighted by Crippen LogP contribution is -2.07. The zero-order valence-corrected chi connectivity index (χ0v) is 14.7. The Kier molecular flexibility index (Phi) is 4.78. The maximum Gasteiger partial charge on any atom is 0.250 e. The highest BCUT2D eigenvalue weighted by Gasteiger charge is 2.14. The highest BCUT2D eigenvalue weighted by atomic mass is 35.5. The van der Waals surface area contributed by atoms with Crippen LogP contribution in [0.25, 0.3) is 16.8 Å².